The molecule has 0 radical (unpaired) electrons. The number of hydrogen-bond acceptors (Lipinski definition) is 4. The smallest absolute Gasteiger partial charge is 0.223 e. The van der Waals surface area contributed by atoms with Crippen molar-refractivity contribution in [3.05, 3.63) is 35.9 Å². The van der Waals surface area contributed by atoms with E-state index in [4.69, 9.17) is 0 Å². The number of nitrogens with one attached hydrogen (secondary N) is 1. The number of rotatable bonds is 6. The minimum Gasteiger partial charge on any atom is -0.394 e. The van der Waals surface area contributed by atoms with E-state index in [2.05, 4.69) is 5.32 Å². The van der Waals surface area contributed by atoms with Crippen LogP contribution >= 0.6 is 0 Å². The third kappa shape index (κ3) is 4.30. The van der Waals surface area contributed by atoms with Gasteiger partial charge in [-0.25, -0.2) is 0 Å². The molecule has 1 heterocycles. The maximum absolute atomic E-state index is 12.4. The largest absolute Gasteiger partial charge is 0.394 e. The lowest BCUT2D eigenvalue weighted by Crippen LogP contribution is -2.45. The fourth-order valence-corrected chi connectivity index (χ4v) is 2.88. The third-order valence-electron chi connectivity index (χ3n) is 4.25. The fourth-order valence-electron chi connectivity index (χ4n) is 2.88. The highest BCUT2D eigenvalue weighted by atomic mass is 16.3. The molecule has 1 fully saturated rings. The average molecular weight is 320 g/mol. The molecule has 1 aliphatic heterocycles. The van der Waals surface area contributed by atoms with Crippen LogP contribution in [0.3, 0.4) is 0 Å². The quantitative estimate of drug-likeness (QED) is 0.692. The molecule has 0 spiro atoms. The first kappa shape index (κ1) is 17.4. The molecule has 1 aromatic rings. The number of aryl methyl sites for hydroxylation is 1. The summed E-state index contributed by atoms with van der Waals surface area (Å²) in [5.41, 5.74) is 1.07. The molecule has 23 heavy (non-hydrogen) atoms. The summed E-state index contributed by atoms with van der Waals surface area (Å²) in [6, 6.07) is 8.49. The van der Waals surface area contributed by atoms with Crippen LogP contribution in [0.4, 0.5) is 0 Å². The van der Waals surface area contributed by atoms with E-state index in [-0.39, 0.29) is 25.0 Å². The highest BCUT2D eigenvalue weighted by Crippen LogP contribution is 2.20. The van der Waals surface area contributed by atoms with Gasteiger partial charge in [0.05, 0.1) is 24.8 Å². The second-order valence-electron chi connectivity index (χ2n) is 5.80. The number of carbonyl (C=O) groups excluding carboxylic acids is 2. The van der Waals surface area contributed by atoms with Gasteiger partial charge in [0.1, 0.15) is 0 Å². The van der Waals surface area contributed by atoms with Crippen LogP contribution in [0.1, 0.15) is 25.3 Å². The van der Waals surface area contributed by atoms with Crippen molar-refractivity contribution < 1.29 is 19.8 Å². The molecule has 126 valence electrons. The Balaban J connectivity index is 1.96. The molecule has 1 aliphatic rings. The van der Waals surface area contributed by atoms with Crippen LogP contribution in [0.15, 0.2) is 30.3 Å². The van der Waals surface area contributed by atoms with E-state index >= 15 is 0 Å². The molecule has 0 aliphatic carbocycles. The van der Waals surface area contributed by atoms with Gasteiger partial charge in [-0.1, -0.05) is 37.3 Å². The van der Waals surface area contributed by atoms with Gasteiger partial charge in [-0.2, -0.15) is 0 Å². The lowest BCUT2D eigenvalue weighted by Gasteiger charge is -2.24. The summed E-state index contributed by atoms with van der Waals surface area (Å²) in [4.78, 5) is 25.4. The van der Waals surface area contributed by atoms with Gasteiger partial charge in [0.2, 0.25) is 11.8 Å². The SMILES string of the molecule is CCC(=O)N[C@H]1CN(C(=O)CCc2ccccc2)[C@@H](CO)[C@@H]1O. The Morgan fingerprint density at radius 2 is 2.00 bits per heavy atom. The second kappa shape index (κ2) is 8.08. The normalized spacial score (nSPS) is 23.8. The van der Waals surface area contributed by atoms with E-state index < -0.39 is 18.2 Å². The maximum atomic E-state index is 12.4. The first-order valence-corrected chi connectivity index (χ1v) is 7.98. The van der Waals surface area contributed by atoms with Crippen molar-refractivity contribution in [3.63, 3.8) is 0 Å². The first-order valence-electron chi connectivity index (χ1n) is 7.98. The van der Waals surface area contributed by atoms with Crippen molar-refractivity contribution in [1.29, 1.82) is 0 Å². The van der Waals surface area contributed by atoms with E-state index in [0.717, 1.165) is 5.56 Å². The topological polar surface area (TPSA) is 89.9 Å². The number of likely N-dealkylation sites (tertiary alicyclic amines) is 1. The number of hydrogen-bond donors (Lipinski definition) is 3. The van der Waals surface area contributed by atoms with Crippen LogP contribution in [0.25, 0.3) is 0 Å². The van der Waals surface area contributed by atoms with Gasteiger partial charge in [-0.3, -0.25) is 9.59 Å². The second-order valence-corrected chi connectivity index (χ2v) is 5.80. The van der Waals surface area contributed by atoms with Gasteiger partial charge in [-0.15, -0.1) is 0 Å². The summed E-state index contributed by atoms with van der Waals surface area (Å²) < 4.78 is 0. The van der Waals surface area contributed by atoms with Crippen molar-refractivity contribution in [2.75, 3.05) is 13.2 Å². The first-order chi connectivity index (χ1) is 11.1. The number of aliphatic hydroxyl groups excluding tert-OH is 2. The van der Waals surface area contributed by atoms with Gasteiger partial charge in [-0.05, 0) is 12.0 Å². The molecule has 2 amide bonds. The van der Waals surface area contributed by atoms with Gasteiger partial charge in [0, 0.05) is 19.4 Å². The molecule has 6 heteroatoms. The Labute approximate surface area is 136 Å². The molecular weight excluding hydrogens is 296 g/mol. The summed E-state index contributed by atoms with van der Waals surface area (Å²) >= 11 is 0. The Kier molecular flexibility index (Phi) is 6.12. The van der Waals surface area contributed by atoms with Crippen molar-refractivity contribution in [1.82, 2.24) is 10.2 Å². The monoisotopic (exact) mass is 320 g/mol. The van der Waals surface area contributed by atoms with E-state index in [0.29, 0.717) is 19.3 Å². The van der Waals surface area contributed by atoms with Crippen molar-refractivity contribution in [3.8, 4) is 0 Å². The standard InChI is InChI=1S/C17H24N2O4/c1-2-15(21)18-13-10-19(14(11-20)17(13)23)16(22)9-8-12-6-4-3-5-7-12/h3-7,13-14,17,20,23H,2,8-11H2,1H3,(H,18,21)/t13-,14-,17+/m0/s1. The van der Waals surface area contributed by atoms with Crippen molar-refractivity contribution >= 4 is 11.8 Å². The van der Waals surface area contributed by atoms with E-state index in [1.807, 2.05) is 30.3 Å². The molecule has 0 saturated carbocycles. The number of carbonyl (C=O) groups is 2. The van der Waals surface area contributed by atoms with Crippen LogP contribution in [0, 0.1) is 0 Å². The third-order valence-corrected chi connectivity index (χ3v) is 4.25. The van der Waals surface area contributed by atoms with Gasteiger partial charge < -0.3 is 20.4 Å². The van der Waals surface area contributed by atoms with Gasteiger partial charge >= 0.3 is 0 Å². The Bertz CT molecular complexity index is 535. The summed E-state index contributed by atoms with van der Waals surface area (Å²) in [6.07, 6.45) is 0.281. The Hall–Kier alpha value is -1.92. The van der Waals surface area contributed by atoms with Crippen molar-refractivity contribution in [2.45, 2.75) is 44.4 Å². The van der Waals surface area contributed by atoms with Crippen LogP contribution in [-0.2, 0) is 16.0 Å². The summed E-state index contributed by atoms with van der Waals surface area (Å²) in [7, 11) is 0. The zero-order valence-corrected chi connectivity index (χ0v) is 13.3. The highest BCUT2D eigenvalue weighted by Gasteiger charge is 2.42. The minimum absolute atomic E-state index is 0.125. The van der Waals surface area contributed by atoms with Gasteiger partial charge in [0.25, 0.3) is 0 Å². The zero-order chi connectivity index (χ0) is 16.8. The van der Waals surface area contributed by atoms with Gasteiger partial charge in [0.15, 0.2) is 0 Å². The maximum Gasteiger partial charge on any atom is 0.223 e. The van der Waals surface area contributed by atoms with Crippen LogP contribution in [0.2, 0.25) is 0 Å². The molecule has 3 atom stereocenters. The van der Waals surface area contributed by atoms with E-state index in [1.165, 1.54) is 4.90 Å². The number of aliphatic hydroxyl groups is 2. The molecular formula is C17H24N2O4. The predicted octanol–water partition coefficient (Wildman–Crippen LogP) is 0.0780. The molecule has 1 aromatic carbocycles. The molecule has 2 rings (SSSR count). The molecule has 0 aromatic heterocycles. The lowest BCUT2D eigenvalue weighted by atomic mass is 10.1. The molecule has 1 saturated heterocycles. The highest BCUT2D eigenvalue weighted by molar-refractivity contribution is 5.78. The van der Waals surface area contributed by atoms with Crippen molar-refractivity contribution in [2.24, 2.45) is 0 Å². The average Bonchev–Trinajstić information content (AvgIpc) is 2.89. The van der Waals surface area contributed by atoms with Crippen LogP contribution < -0.4 is 5.32 Å². The van der Waals surface area contributed by atoms with Crippen LogP contribution in [0.5, 0.6) is 0 Å². The predicted molar refractivity (Wildman–Crippen MR) is 85.6 cm³/mol. The molecule has 6 nitrogen and oxygen atoms in total. The number of amides is 2. The van der Waals surface area contributed by atoms with Crippen LogP contribution in [-0.4, -0.2) is 58.3 Å². The minimum atomic E-state index is -0.948. The fraction of sp³-hybridized carbons (Fsp3) is 0.529. The lowest BCUT2D eigenvalue weighted by molar-refractivity contribution is -0.133. The molecule has 0 unspecified atom stereocenters. The Morgan fingerprint density at radius 1 is 1.30 bits per heavy atom. The molecule has 3 N–H and O–H groups in total. The molecule has 0 bridgehead atoms. The summed E-state index contributed by atoms with van der Waals surface area (Å²) in [5, 5.41) is 22.4. The number of nitrogens with zero attached hydrogens (tertiary/aromatic N) is 1. The number of benzene rings is 1. The summed E-state index contributed by atoms with van der Waals surface area (Å²) in [6.45, 7) is 1.63. The van der Waals surface area contributed by atoms with E-state index in [1.54, 1.807) is 6.92 Å². The van der Waals surface area contributed by atoms with E-state index in [9.17, 15) is 19.8 Å². The zero-order valence-electron chi connectivity index (χ0n) is 13.3. The Morgan fingerprint density at radius 3 is 2.61 bits per heavy atom. The summed E-state index contributed by atoms with van der Waals surface area (Å²) in [5.74, 6) is -0.301.